The summed E-state index contributed by atoms with van der Waals surface area (Å²) < 4.78 is 0. The summed E-state index contributed by atoms with van der Waals surface area (Å²) in [5.41, 5.74) is 0.747. The summed E-state index contributed by atoms with van der Waals surface area (Å²) in [6, 6.07) is 9.39. The fraction of sp³-hybridized carbons (Fsp3) is 0.150. The number of thiazole rings is 1. The summed E-state index contributed by atoms with van der Waals surface area (Å²) in [6.45, 7) is -0.0199. The Morgan fingerprint density at radius 2 is 1.97 bits per heavy atom. The van der Waals surface area contributed by atoms with Gasteiger partial charge in [0.15, 0.2) is 5.13 Å². The molecule has 0 spiro atoms. The van der Waals surface area contributed by atoms with E-state index in [1.54, 1.807) is 17.6 Å². The second-order valence-electron chi connectivity index (χ2n) is 6.62. The lowest BCUT2D eigenvalue weighted by Gasteiger charge is -2.13. The first-order valence-electron chi connectivity index (χ1n) is 9.26. The van der Waals surface area contributed by atoms with E-state index in [-0.39, 0.29) is 36.4 Å². The quantitative estimate of drug-likeness (QED) is 0.341. The van der Waals surface area contributed by atoms with Gasteiger partial charge >= 0.3 is 0 Å². The summed E-state index contributed by atoms with van der Waals surface area (Å²) in [5.74, 6) is -1.62. The molecule has 156 valence electrons. The van der Waals surface area contributed by atoms with Crippen molar-refractivity contribution in [3.05, 3.63) is 69.2 Å². The number of carbonyl (C=O) groups is 3. The average Bonchev–Trinajstić information content (AvgIpc) is 3.33. The molecule has 2 aromatic heterocycles. The fourth-order valence-corrected chi connectivity index (χ4v) is 3.93. The molecular formula is C20H15N5O5S. The number of hydrogen-bond acceptors (Lipinski definition) is 8. The van der Waals surface area contributed by atoms with Gasteiger partial charge < -0.3 is 5.32 Å². The number of anilines is 1. The number of carbonyl (C=O) groups excluding carboxylic acids is 3. The number of rotatable bonds is 7. The van der Waals surface area contributed by atoms with Crippen LogP contribution >= 0.6 is 11.3 Å². The van der Waals surface area contributed by atoms with E-state index in [1.807, 2.05) is 12.1 Å². The van der Waals surface area contributed by atoms with Crippen LogP contribution < -0.4 is 5.32 Å². The number of nitrogens with one attached hydrogen (secondary N) is 1. The first-order valence-corrected chi connectivity index (χ1v) is 10.1. The number of amides is 3. The molecular weight excluding hydrogens is 422 g/mol. The molecule has 31 heavy (non-hydrogen) atoms. The van der Waals surface area contributed by atoms with E-state index in [4.69, 9.17) is 0 Å². The molecule has 4 rings (SSSR count). The second kappa shape index (κ2) is 8.40. The molecule has 0 saturated heterocycles. The number of nitro groups is 1. The second-order valence-corrected chi connectivity index (χ2v) is 7.48. The molecule has 0 unspecified atom stereocenters. The van der Waals surface area contributed by atoms with E-state index in [9.17, 15) is 24.5 Å². The van der Waals surface area contributed by atoms with Gasteiger partial charge in [-0.3, -0.25) is 34.4 Å². The van der Waals surface area contributed by atoms with Crippen molar-refractivity contribution in [3.63, 3.8) is 0 Å². The third-order valence-electron chi connectivity index (χ3n) is 4.64. The van der Waals surface area contributed by atoms with Crippen LogP contribution in [-0.4, -0.2) is 44.1 Å². The lowest BCUT2D eigenvalue weighted by atomic mass is 10.1. The van der Waals surface area contributed by atoms with Crippen LogP contribution in [0.4, 0.5) is 10.8 Å². The maximum atomic E-state index is 12.5. The number of pyridine rings is 1. The van der Waals surface area contributed by atoms with Crippen LogP contribution in [0.3, 0.4) is 0 Å². The molecule has 0 fully saturated rings. The zero-order valence-electron chi connectivity index (χ0n) is 16.0. The van der Waals surface area contributed by atoms with E-state index in [0.29, 0.717) is 16.5 Å². The first kappa shape index (κ1) is 20.3. The lowest BCUT2D eigenvalue weighted by molar-refractivity contribution is -0.385. The van der Waals surface area contributed by atoms with Gasteiger partial charge in [0, 0.05) is 30.6 Å². The molecule has 0 aliphatic carbocycles. The van der Waals surface area contributed by atoms with Crippen molar-refractivity contribution in [1.82, 2.24) is 14.9 Å². The maximum absolute atomic E-state index is 12.5. The Labute approximate surface area is 179 Å². The molecule has 1 aliphatic rings. The summed E-state index contributed by atoms with van der Waals surface area (Å²) >= 11 is 1.26. The molecule has 0 bridgehead atoms. The number of nitro benzene ring substituents is 1. The zero-order valence-corrected chi connectivity index (χ0v) is 16.8. The highest BCUT2D eigenvalue weighted by Gasteiger charge is 2.40. The topological polar surface area (TPSA) is 135 Å². The van der Waals surface area contributed by atoms with Crippen molar-refractivity contribution in [3.8, 4) is 11.4 Å². The third-order valence-corrected chi connectivity index (χ3v) is 5.39. The molecule has 0 saturated carbocycles. The predicted molar refractivity (Wildman–Crippen MR) is 112 cm³/mol. The van der Waals surface area contributed by atoms with E-state index in [1.165, 1.54) is 29.5 Å². The van der Waals surface area contributed by atoms with Crippen LogP contribution in [0.25, 0.3) is 11.4 Å². The number of hydrogen-bond donors (Lipinski definition) is 1. The van der Waals surface area contributed by atoms with Gasteiger partial charge in [-0.05, 0) is 24.6 Å². The van der Waals surface area contributed by atoms with Gasteiger partial charge in [-0.25, -0.2) is 4.98 Å². The minimum Gasteiger partial charge on any atom is -0.302 e. The van der Waals surface area contributed by atoms with Crippen molar-refractivity contribution in [1.29, 1.82) is 0 Å². The summed E-state index contributed by atoms with van der Waals surface area (Å²) in [4.78, 5) is 57.1. The van der Waals surface area contributed by atoms with Crippen molar-refractivity contribution in [2.45, 2.75) is 12.8 Å². The van der Waals surface area contributed by atoms with Crippen molar-refractivity contribution in [2.75, 3.05) is 11.9 Å². The molecule has 0 radical (unpaired) electrons. The summed E-state index contributed by atoms with van der Waals surface area (Å²) in [6.07, 6.45) is 1.92. The smallest absolute Gasteiger partial charge is 0.282 e. The standard InChI is InChI=1S/C20H15N5O5S/c26-16(23-20-22-14(11-31-20)13-6-1-2-9-21-13)8-4-10-24-18(27)12-5-3-7-15(25(29)30)17(12)19(24)28/h1-3,5-7,9,11H,4,8,10H2,(H,22,23,26). The Bertz CT molecular complexity index is 1190. The minimum absolute atomic E-state index is 0.00786. The summed E-state index contributed by atoms with van der Waals surface area (Å²) in [7, 11) is 0. The Kier molecular flexibility index (Phi) is 5.50. The Morgan fingerprint density at radius 3 is 2.71 bits per heavy atom. The molecule has 3 amide bonds. The first-order chi connectivity index (χ1) is 15.0. The lowest BCUT2D eigenvalue weighted by Crippen LogP contribution is -2.31. The van der Waals surface area contributed by atoms with Crippen LogP contribution in [0, 0.1) is 10.1 Å². The molecule has 1 aliphatic heterocycles. The van der Waals surface area contributed by atoms with Gasteiger partial charge in [0.2, 0.25) is 5.91 Å². The molecule has 1 aromatic carbocycles. The molecule has 10 nitrogen and oxygen atoms in total. The molecule has 0 atom stereocenters. The SMILES string of the molecule is O=C(CCCN1C(=O)c2cccc([N+](=O)[O-])c2C1=O)Nc1nc(-c2ccccn2)cs1. The van der Waals surface area contributed by atoms with Gasteiger partial charge in [0.25, 0.3) is 17.5 Å². The largest absolute Gasteiger partial charge is 0.302 e. The molecule has 3 aromatic rings. The van der Waals surface area contributed by atoms with Crippen LogP contribution in [0.2, 0.25) is 0 Å². The number of fused-ring (bicyclic) bond motifs is 1. The van der Waals surface area contributed by atoms with E-state index < -0.39 is 22.4 Å². The van der Waals surface area contributed by atoms with Crippen molar-refractivity contribution in [2.24, 2.45) is 0 Å². The molecule has 1 N–H and O–H groups in total. The van der Waals surface area contributed by atoms with Crippen molar-refractivity contribution < 1.29 is 19.3 Å². The van der Waals surface area contributed by atoms with Gasteiger partial charge in [-0.15, -0.1) is 11.3 Å². The number of nitrogens with zero attached hydrogens (tertiary/aromatic N) is 4. The van der Waals surface area contributed by atoms with Crippen LogP contribution in [0.5, 0.6) is 0 Å². The van der Waals surface area contributed by atoms with E-state index >= 15 is 0 Å². The number of benzene rings is 1. The van der Waals surface area contributed by atoms with Crippen LogP contribution in [0.1, 0.15) is 33.6 Å². The Morgan fingerprint density at radius 1 is 1.13 bits per heavy atom. The van der Waals surface area contributed by atoms with Crippen molar-refractivity contribution >= 4 is 39.9 Å². The van der Waals surface area contributed by atoms with Gasteiger partial charge in [-0.1, -0.05) is 12.1 Å². The van der Waals surface area contributed by atoms with Gasteiger partial charge in [0.1, 0.15) is 11.3 Å². The number of imide groups is 1. The molecule has 3 heterocycles. The fourth-order valence-electron chi connectivity index (χ4n) is 3.21. The highest BCUT2D eigenvalue weighted by molar-refractivity contribution is 7.14. The van der Waals surface area contributed by atoms with Crippen LogP contribution in [-0.2, 0) is 4.79 Å². The normalized spacial score (nSPS) is 12.7. The summed E-state index contributed by atoms with van der Waals surface area (Å²) in [5, 5.41) is 16.0. The highest BCUT2D eigenvalue weighted by Crippen LogP contribution is 2.31. The number of aromatic nitrogens is 2. The maximum Gasteiger partial charge on any atom is 0.282 e. The van der Waals surface area contributed by atoms with Gasteiger partial charge in [-0.2, -0.15) is 0 Å². The average molecular weight is 437 g/mol. The van der Waals surface area contributed by atoms with E-state index in [0.717, 1.165) is 4.90 Å². The minimum atomic E-state index is -0.715. The van der Waals surface area contributed by atoms with Crippen LogP contribution in [0.15, 0.2) is 48.0 Å². The van der Waals surface area contributed by atoms with E-state index in [2.05, 4.69) is 15.3 Å². The monoisotopic (exact) mass is 437 g/mol. The Hall–Kier alpha value is -3.99. The van der Waals surface area contributed by atoms with Gasteiger partial charge in [0.05, 0.1) is 16.2 Å². The Balaban J connectivity index is 1.34. The molecule has 11 heteroatoms. The zero-order chi connectivity index (χ0) is 22.0. The predicted octanol–water partition coefficient (Wildman–Crippen LogP) is 3.13. The third kappa shape index (κ3) is 4.03. The highest BCUT2D eigenvalue weighted by atomic mass is 32.1.